The first-order chi connectivity index (χ1) is 8.11. The second kappa shape index (κ2) is 4.91. The fourth-order valence-electron chi connectivity index (χ4n) is 1.93. The fraction of sp³-hybridized carbons (Fsp3) is 0.545. The van der Waals surface area contributed by atoms with E-state index >= 15 is 0 Å². The van der Waals surface area contributed by atoms with Crippen LogP contribution in [0.15, 0.2) is 16.0 Å². The molecule has 0 aromatic carbocycles. The zero-order valence-corrected chi connectivity index (χ0v) is 10.4. The molecule has 1 aromatic heterocycles. The minimum atomic E-state index is -0.881. The predicted octanol–water partition coefficient (Wildman–Crippen LogP) is 1.32. The van der Waals surface area contributed by atoms with Gasteiger partial charge in [-0.3, -0.25) is 14.2 Å². The van der Waals surface area contributed by atoms with Crippen LogP contribution >= 0.6 is 11.8 Å². The number of nitrogens with zero attached hydrogens (tertiary/aromatic N) is 2. The molecule has 0 radical (unpaired) electrons. The first-order valence-electron chi connectivity index (χ1n) is 5.59. The lowest BCUT2D eigenvalue weighted by atomic mass is 10.2. The van der Waals surface area contributed by atoms with Crippen LogP contribution < -0.4 is 5.56 Å². The summed E-state index contributed by atoms with van der Waals surface area (Å²) >= 11 is 1.46. The molecule has 0 unspecified atom stereocenters. The number of hydrogen-bond acceptors (Lipinski definition) is 4. The summed E-state index contributed by atoms with van der Waals surface area (Å²) in [4.78, 5) is 27.0. The van der Waals surface area contributed by atoms with E-state index in [2.05, 4.69) is 4.98 Å². The highest BCUT2D eigenvalue weighted by Crippen LogP contribution is 2.31. The third-order valence-corrected chi connectivity index (χ3v) is 3.76. The molecule has 1 aliphatic rings. The van der Waals surface area contributed by atoms with Crippen molar-refractivity contribution < 1.29 is 9.90 Å². The van der Waals surface area contributed by atoms with Crippen molar-refractivity contribution in [2.75, 3.05) is 5.75 Å². The third-order valence-electron chi connectivity index (χ3n) is 2.66. The molecule has 0 spiro atoms. The van der Waals surface area contributed by atoms with Gasteiger partial charge in [-0.15, -0.1) is 0 Å². The maximum Gasteiger partial charge on any atom is 0.305 e. The molecule has 1 aromatic rings. The van der Waals surface area contributed by atoms with Gasteiger partial charge in [-0.1, -0.05) is 25.1 Å². The normalized spacial score (nSPS) is 18.1. The lowest BCUT2D eigenvalue weighted by molar-refractivity contribution is -0.137. The zero-order valence-electron chi connectivity index (χ0n) is 9.55. The standard InChI is InChI=1S/C11H14N2O3S/c1-2-3-7-4-9(14)13-8(5-10(15)16)6-17-11(13)12-7/h4,8H,2-3,5-6H2,1H3,(H,15,16)/t8-/m0/s1. The molecule has 0 bridgehead atoms. The van der Waals surface area contributed by atoms with E-state index in [0.717, 1.165) is 18.5 Å². The second-order valence-corrected chi connectivity index (χ2v) is 5.04. The molecule has 0 saturated heterocycles. The predicted molar refractivity (Wildman–Crippen MR) is 64.5 cm³/mol. The largest absolute Gasteiger partial charge is 0.481 e. The summed E-state index contributed by atoms with van der Waals surface area (Å²) < 4.78 is 1.51. The number of hydrogen-bond donors (Lipinski definition) is 1. The van der Waals surface area contributed by atoms with E-state index in [-0.39, 0.29) is 18.0 Å². The molecule has 0 saturated carbocycles. The number of aliphatic carboxylic acids is 1. The van der Waals surface area contributed by atoms with E-state index in [4.69, 9.17) is 5.11 Å². The summed E-state index contributed by atoms with van der Waals surface area (Å²) in [5.41, 5.74) is 0.668. The van der Waals surface area contributed by atoms with Crippen LogP contribution in [0.2, 0.25) is 0 Å². The Balaban J connectivity index is 2.34. The van der Waals surface area contributed by atoms with Crippen LogP contribution in [0.1, 0.15) is 31.5 Å². The molecular weight excluding hydrogens is 240 g/mol. The number of aryl methyl sites for hydroxylation is 1. The fourth-order valence-corrected chi connectivity index (χ4v) is 3.10. The summed E-state index contributed by atoms with van der Waals surface area (Å²) in [6.07, 6.45) is 1.71. The molecule has 17 heavy (non-hydrogen) atoms. The SMILES string of the molecule is CCCc1cc(=O)n2c(n1)SC[C@@H]2CC(=O)O. The van der Waals surface area contributed by atoms with Crippen molar-refractivity contribution in [2.45, 2.75) is 37.4 Å². The number of fused-ring (bicyclic) bond motifs is 1. The maximum absolute atomic E-state index is 11.9. The van der Waals surface area contributed by atoms with E-state index in [9.17, 15) is 9.59 Å². The van der Waals surface area contributed by atoms with Gasteiger partial charge >= 0.3 is 5.97 Å². The van der Waals surface area contributed by atoms with Crippen LogP contribution in [-0.4, -0.2) is 26.4 Å². The van der Waals surface area contributed by atoms with Gasteiger partial charge in [0.05, 0.1) is 12.5 Å². The number of carbonyl (C=O) groups is 1. The number of rotatable bonds is 4. The summed E-state index contributed by atoms with van der Waals surface area (Å²) in [5.74, 6) is -0.266. The minimum Gasteiger partial charge on any atom is -0.481 e. The topological polar surface area (TPSA) is 72.2 Å². The van der Waals surface area contributed by atoms with Gasteiger partial charge in [0.25, 0.3) is 5.56 Å². The van der Waals surface area contributed by atoms with Crippen molar-refractivity contribution in [3.63, 3.8) is 0 Å². The Morgan fingerprint density at radius 3 is 3.12 bits per heavy atom. The molecule has 0 fully saturated rings. The molecule has 1 N–H and O–H groups in total. The molecule has 2 heterocycles. The van der Waals surface area contributed by atoms with E-state index in [1.54, 1.807) is 0 Å². The lowest BCUT2D eigenvalue weighted by Crippen LogP contribution is -2.26. The Bertz CT molecular complexity index is 498. The van der Waals surface area contributed by atoms with Crippen LogP contribution in [0.5, 0.6) is 0 Å². The molecule has 0 aliphatic carbocycles. The Labute approximate surface area is 103 Å². The molecule has 2 rings (SSSR count). The third kappa shape index (κ3) is 2.52. The van der Waals surface area contributed by atoms with E-state index < -0.39 is 5.97 Å². The first kappa shape index (κ1) is 12.2. The van der Waals surface area contributed by atoms with E-state index in [1.165, 1.54) is 22.4 Å². The molecule has 1 aliphatic heterocycles. The van der Waals surface area contributed by atoms with Gasteiger partial charge in [-0.05, 0) is 6.42 Å². The monoisotopic (exact) mass is 254 g/mol. The Hall–Kier alpha value is -1.30. The number of carboxylic acids is 1. The summed E-state index contributed by atoms with van der Waals surface area (Å²) in [6, 6.07) is 1.26. The molecule has 92 valence electrons. The number of carboxylic acid groups (broad SMARTS) is 1. The highest BCUT2D eigenvalue weighted by Gasteiger charge is 2.27. The van der Waals surface area contributed by atoms with Crippen molar-refractivity contribution in [1.82, 2.24) is 9.55 Å². The van der Waals surface area contributed by atoms with Gasteiger partial charge in [0.1, 0.15) is 0 Å². The quantitative estimate of drug-likeness (QED) is 0.820. The summed E-state index contributed by atoms with van der Waals surface area (Å²) in [7, 11) is 0. The Kier molecular flexibility index (Phi) is 3.51. The Morgan fingerprint density at radius 2 is 2.47 bits per heavy atom. The van der Waals surface area contributed by atoms with Crippen molar-refractivity contribution in [3.05, 3.63) is 22.1 Å². The number of aromatic nitrogens is 2. The van der Waals surface area contributed by atoms with Gasteiger partial charge < -0.3 is 5.11 Å². The average molecular weight is 254 g/mol. The highest BCUT2D eigenvalue weighted by atomic mass is 32.2. The van der Waals surface area contributed by atoms with Gasteiger partial charge in [0.2, 0.25) is 0 Å². The molecule has 5 nitrogen and oxygen atoms in total. The van der Waals surface area contributed by atoms with Crippen molar-refractivity contribution in [2.24, 2.45) is 0 Å². The van der Waals surface area contributed by atoms with Crippen LogP contribution in [0, 0.1) is 0 Å². The van der Waals surface area contributed by atoms with Crippen molar-refractivity contribution >= 4 is 17.7 Å². The second-order valence-electron chi connectivity index (χ2n) is 4.05. The van der Waals surface area contributed by atoms with Crippen molar-refractivity contribution in [1.29, 1.82) is 0 Å². The minimum absolute atomic E-state index is 0.0191. The lowest BCUT2D eigenvalue weighted by Gasteiger charge is -2.10. The van der Waals surface area contributed by atoms with E-state index in [1.807, 2.05) is 6.92 Å². The van der Waals surface area contributed by atoms with E-state index in [0.29, 0.717) is 10.9 Å². The van der Waals surface area contributed by atoms with Crippen LogP contribution in [0.4, 0.5) is 0 Å². The molecule has 1 atom stereocenters. The average Bonchev–Trinajstić information content (AvgIpc) is 2.61. The van der Waals surface area contributed by atoms with Crippen LogP contribution in [-0.2, 0) is 11.2 Å². The van der Waals surface area contributed by atoms with Gasteiger partial charge in [-0.2, -0.15) is 0 Å². The van der Waals surface area contributed by atoms with Crippen LogP contribution in [0.3, 0.4) is 0 Å². The van der Waals surface area contributed by atoms with Gasteiger partial charge in [-0.25, -0.2) is 4.98 Å². The number of thioether (sulfide) groups is 1. The van der Waals surface area contributed by atoms with Crippen LogP contribution in [0.25, 0.3) is 0 Å². The Morgan fingerprint density at radius 1 is 1.71 bits per heavy atom. The smallest absolute Gasteiger partial charge is 0.305 e. The molecule has 0 amide bonds. The first-order valence-corrected chi connectivity index (χ1v) is 6.57. The van der Waals surface area contributed by atoms with Gasteiger partial charge in [0, 0.05) is 17.5 Å². The zero-order chi connectivity index (χ0) is 12.4. The maximum atomic E-state index is 11.9. The molecule has 6 heteroatoms. The van der Waals surface area contributed by atoms with Gasteiger partial charge in [0.15, 0.2) is 5.16 Å². The summed E-state index contributed by atoms with van der Waals surface area (Å²) in [5, 5.41) is 9.44. The highest BCUT2D eigenvalue weighted by molar-refractivity contribution is 7.99. The summed E-state index contributed by atoms with van der Waals surface area (Å²) in [6.45, 7) is 2.03. The molecular formula is C11H14N2O3S. The van der Waals surface area contributed by atoms with Crippen molar-refractivity contribution in [3.8, 4) is 0 Å².